The minimum Gasteiger partial charge on any atom is -0.481 e. The van der Waals surface area contributed by atoms with Crippen LogP contribution >= 0.6 is 0 Å². The summed E-state index contributed by atoms with van der Waals surface area (Å²) in [4.78, 5) is 35.1. The van der Waals surface area contributed by atoms with E-state index >= 15 is 0 Å². The maximum absolute atomic E-state index is 12.2. The SMILES string of the molecule is C[C@H](CC(=O)O)NC(=O)C1CC1CNC(=O)OCC1c2ccccc2-c2ccccc21. The molecule has 0 aromatic heterocycles. The van der Waals surface area contributed by atoms with Crippen molar-refractivity contribution in [3.8, 4) is 11.1 Å². The average molecular weight is 422 g/mol. The lowest BCUT2D eigenvalue weighted by molar-refractivity contribution is -0.137. The molecule has 0 saturated heterocycles. The van der Waals surface area contributed by atoms with Crippen LogP contribution in [-0.2, 0) is 14.3 Å². The van der Waals surface area contributed by atoms with E-state index in [9.17, 15) is 14.4 Å². The molecule has 1 fully saturated rings. The zero-order valence-electron chi connectivity index (χ0n) is 17.3. The monoisotopic (exact) mass is 422 g/mol. The van der Waals surface area contributed by atoms with Gasteiger partial charge in [-0.3, -0.25) is 9.59 Å². The van der Waals surface area contributed by atoms with Crippen LogP contribution in [0.1, 0.15) is 36.8 Å². The number of benzene rings is 2. The molecule has 3 N–H and O–H groups in total. The summed E-state index contributed by atoms with van der Waals surface area (Å²) < 4.78 is 5.51. The van der Waals surface area contributed by atoms with E-state index in [0.29, 0.717) is 13.0 Å². The Morgan fingerprint density at radius 1 is 1.06 bits per heavy atom. The zero-order chi connectivity index (χ0) is 22.0. The van der Waals surface area contributed by atoms with Crippen molar-refractivity contribution in [1.29, 1.82) is 0 Å². The van der Waals surface area contributed by atoms with E-state index in [1.165, 1.54) is 11.1 Å². The summed E-state index contributed by atoms with van der Waals surface area (Å²) >= 11 is 0. The number of hydrogen-bond acceptors (Lipinski definition) is 4. The lowest BCUT2D eigenvalue weighted by Gasteiger charge is -2.14. The van der Waals surface area contributed by atoms with Gasteiger partial charge in [-0.15, -0.1) is 0 Å². The van der Waals surface area contributed by atoms with Gasteiger partial charge in [0.25, 0.3) is 0 Å². The lowest BCUT2D eigenvalue weighted by atomic mass is 9.98. The van der Waals surface area contributed by atoms with Crippen LogP contribution in [0.15, 0.2) is 48.5 Å². The van der Waals surface area contributed by atoms with E-state index in [-0.39, 0.29) is 36.7 Å². The molecule has 1 saturated carbocycles. The number of carbonyl (C=O) groups is 3. The standard InChI is InChI=1S/C24H26N2O5/c1-14(10-22(27)28)26-23(29)20-11-15(20)12-25-24(30)31-13-21-18-8-4-2-6-16(18)17-7-3-5-9-19(17)21/h2-9,14-15,20-21H,10-13H2,1H3,(H,25,30)(H,26,29)(H,27,28)/t14-,15?,20?/m1/s1. The molecule has 2 aromatic rings. The molecule has 2 aliphatic rings. The second-order valence-corrected chi connectivity index (χ2v) is 8.32. The van der Waals surface area contributed by atoms with E-state index in [2.05, 4.69) is 34.9 Å². The predicted octanol–water partition coefficient (Wildman–Crippen LogP) is 3.14. The van der Waals surface area contributed by atoms with Crippen LogP contribution in [0.4, 0.5) is 4.79 Å². The van der Waals surface area contributed by atoms with Crippen LogP contribution in [0.25, 0.3) is 11.1 Å². The fourth-order valence-corrected chi connectivity index (χ4v) is 4.32. The zero-order valence-corrected chi connectivity index (χ0v) is 17.3. The molecule has 2 unspecified atom stereocenters. The minimum absolute atomic E-state index is 0.00771. The molecule has 0 spiro atoms. The first-order chi connectivity index (χ1) is 14.9. The Labute approximate surface area is 180 Å². The summed E-state index contributed by atoms with van der Waals surface area (Å²) in [6.07, 6.45) is 0.0725. The maximum atomic E-state index is 12.2. The highest BCUT2D eigenvalue weighted by Crippen LogP contribution is 2.44. The molecule has 0 bridgehead atoms. The van der Waals surface area contributed by atoms with Crippen LogP contribution in [0.3, 0.4) is 0 Å². The van der Waals surface area contributed by atoms with Gasteiger partial charge in [0.2, 0.25) is 5.91 Å². The van der Waals surface area contributed by atoms with Crippen molar-refractivity contribution in [1.82, 2.24) is 10.6 Å². The number of aliphatic carboxylic acids is 1. The second kappa shape index (κ2) is 8.79. The van der Waals surface area contributed by atoms with Crippen molar-refractivity contribution >= 4 is 18.0 Å². The number of alkyl carbamates (subject to hydrolysis) is 1. The van der Waals surface area contributed by atoms with Crippen molar-refractivity contribution in [3.05, 3.63) is 59.7 Å². The van der Waals surface area contributed by atoms with Crippen molar-refractivity contribution in [3.63, 3.8) is 0 Å². The van der Waals surface area contributed by atoms with Gasteiger partial charge in [0, 0.05) is 24.4 Å². The van der Waals surface area contributed by atoms with Crippen molar-refractivity contribution in [2.24, 2.45) is 11.8 Å². The van der Waals surface area contributed by atoms with Crippen molar-refractivity contribution < 1.29 is 24.2 Å². The molecule has 0 aliphatic heterocycles. The lowest BCUT2D eigenvalue weighted by Crippen LogP contribution is -2.36. The number of hydrogen-bond donors (Lipinski definition) is 3. The average Bonchev–Trinajstić information content (AvgIpc) is 3.46. The van der Waals surface area contributed by atoms with E-state index in [1.807, 2.05) is 24.3 Å². The smallest absolute Gasteiger partial charge is 0.407 e. The highest BCUT2D eigenvalue weighted by molar-refractivity contribution is 5.82. The van der Waals surface area contributed by atoms with Gasteiger partial charge in [-0.05, 0) is 41.5 Å². The van der Waals surface area contributed by atoms with Gasteiger partial charge in [-0.25, -0.2) is 4.79 Å². The topological polar surface area (TPSA) is 105 Å². The molecule has 3 atom stereocenters. The molecule has 2 aromatic carbocycles. The fourth-order valence-electron chi connectivity index (χ4n) is 4.32. The molecule has 2 amide bonds. The highest BCUT2D eigenvalue weighted by Gasteiger charge is 2.43. The first kappa shape index (κ1) is 20.9. The number of carbonyl (C=O) groups excluding carboxylic acids is 2. The largest absolute Gasteiger partial charge is 0.481 e. The number of carboxylic acids is 1. The molecule has 162 valence electrons. The molecular weight excluding hydrogens is 396 g/mol. The van der Waals surface area contributed by atoms with Crippen LogP contribution in [-0.4, -0.2) is 42.3 Å². The number of fused-ring (bicyclic) bond motifs is 3. The summed E-state index contributed by atoms with van der Waals surface area (Å²) in [6, 6.07) is 15.9. The molecular formula is C24H26N2O5. The third-order valence-corrected chi connectivity index (χ3v) is 5.98. The molecule has 2 aliphatic carbocycles. The van der Waals surface area contributed by atoms with Gasteiger partial charge in [0.05, 0.1) is 6.42 Å². The van der Waals surface area contributed by atoms with Gasteiger partial charge in [-0.2, -0.15) is 0 Å². The molecule has 7 heteroatoms. The Morgan fingerprint density at radius 2 is 1.68 bits per heavy atom. The van der Waals surface area contributed by atoms with Gasteiger partial charge < -0.3 is 20.5 Å². The Kier molecular flexibility index (Phi) is 5.93. The number of rotatable bonds is 8. The first-order valence-electron chi connectivity index (χ1n) is 10.5. The Hall–Kier alpha value is -3.35. The van der Waals surface area contributed by atoms with Crippen LogP contribution in [0.2, 0.25) is 0 Å². The normalized spacial score (nSPS) is 19.6. The maximum Gasteiger partial charge on any atom is 0.407 e. The van der Waals surface area contributed by atoms with E-state index in [4.69, 9.17) is 9.84 Å². The van der Waals surface area contributed by atoms with Crippen LogP contribution in [0, 0.1) is 11.8 Å². The number of nitrogens with one attached hydrogen (secondary N) is 2. The summed E-state index contributed by atoms with van der Waals surface area (Å²) in [6.45, 7) is 2.28. The predicted molar refractivity (Wildman–Crippen MR) is 115 cm³/mol. The molecule has 0 radical (unpaired) electrons. The van der Waals surface area contributed by atoms with Crippen molar-refractivity contribution in [2.45, 2.75) is 31.7 Å². The van der Waals surface area contributed by atoms with Gasteiger partial charge >= 0.3 is 12.1 Å². The van der Waals surface area contributed by atoms with E-state index in [0.717, 1.165) is 11.1 Å². The summed E-state index contributed by atoms with van der Waals surface area (Å²) in [5.74, 6) is -1.24. The molecule has 4 rings (SSSR count). The number of ether oxygens (including phenoxy) is 1. The quantitative estimate of drug-likeness (QED) is 0.606. The summed E-state index contributed by atoms with van der Waals surface area (Å²) in [5, 5.41) is 14.2. The third kappa shape index (κ3) is 4.71. The van der Waals surface area contributed by atoms with Crippen LogP contribution < -0.4 is 10.6 Å². The molecule has 7 nitrogen and oxygen atoms in total. The van der Waals surface area contributed by atoms with Gasteiger partial charge in [-0.1, -0.05) is 48.5 Å². The minimum atomic E-state index is -0.947. The molecule has 31 heavy (non-hydrogen) atoms. The van der Waals surface area contributed by atoms with Gasteiger partial charge in [0.1, 0.15) is 6.61 Å². The number of amides is 2. The Morgan fingerprint density at radius 3 is 2.29 bits per heavy atom. The van der Waals surface area contributed by atoms with Gasteiger partial charge in [0.15, 0.2) is 0 Å². The van der Waals surface area contributed by atoms with Crippen molar-refractivity contribution in [2.75, 3.05) is 13.2 Å². The summed E-state index contributed by atoms with van der Waals surface area (Å²) in [7, 11) is 0. The second-order valence-electron chi connectivity index (χ2n) is 8.32. The first-order valence-corrected chi connectivity index (χ1v) is 10.5. The van der Waals surface area contributed by atoms with E-state index in [1.54, 1.807) is 6.92 Å². The van der Waals surface area contributed by atoms with E-state index < -0.39 is 18.1 Å². The highest BCUT2D eigenvalue weighted by atomic mass is 16.5. The molecule has 0 heterocycles. The fraction of sp³-hybridized carbons (Fsp3) is 0.375. The van der Waals surface area contributed by atoms with Crippen LogP contribution in [0.5, 0.6) is 0 Å². The third-order valence-electron chi connectivity index (χ3n) is 5.98. The Balaban J connectivity index is 1.24. The number of carboxylic acid groups (broad SMARTS) is 1. The Bertz CT molecular complexity index is 959. The summed E-state index contributed by atoms with van der Waals surface area (Å²) in [5.41, 5.74) is 4.67.